The molecule has 5 atom stereocenters. The monoisotopic (exact) mass is 493 g/mol. The molecule has 0 aromatic rings. The first-order valence-corrected chi connectivity index (χ1v) is 11.3. The minimum Gasteiger partial charge on any atom is 0 e. The molecular formula is C8H15BClO2PWY. The van der Waals surface area contributed by atoms with E-state index in [1.165, 1.54) is 18.8 Å². The van der Waals surface area contributed by atoms with Crippen molar-refractivity contribution in [1.82, 2.24) is 0 Å². The second-order valence-electron chi connectivity index (χ2n) is 3.68. The first kappa shape index (κ1) is 17.5. The summed E-state index contributed by atoms with van der Waals surface area (Å²) >= 11 is 7.85. The van der Waals surface area contributed by atoms with Gasteiger partial charge in [-0.2, -0.15) is 0 Å². The molecule has 1 heterocycles. The topological polar surface area (TPSA) is 18.5 Å². The van der Waals surface area contributed by atoms with Gasteiger partial charge in [0.25, 0.3) is 0 Å². The number of hydrogen-bond acceptors (Lipinski definition) is 2. The van der Waals surface area contributed by atoms with Crippen LogP contribution in [0.15, 0.2) is 0 Å². The van der Waals surface area contributed by atoms with E-state index >= 15 is 0 Å². The van der Waals surface area contributed by atoms with Crippen molar-refractivity contribution in [3.05, 3.63) is 0 Å². The Bertz CT molecular complexity index is 245. The number of alkyl halides is 1. The van der Waals surface area contributed by atoms with Crippen LogP contribution < -0.4 is 0 Å². The number of hydrogen-bond donors (Lipinski definition) is 0. The van der Waals surface area contributed by atoms with Gasteiger partial charge in [-0.1, -0.05) is 0 Å². The van der Waals surface area contributed by atoms with Crippen molar-refractivity contribution in [3.63, 3.8) is 0 Å². The van der Waals surface area contributed by atoms with E-state index in [2.05, 4.69) is 13.6 Å². The third-order valence-corrected chi connectivity index (χ3v) is 4.52. The normalized spacial score (nSPS) is 42.3. The van der Waals surface area contributed by atoms with E-state index in [0.29, 0.717) is 0 Å². The van der Waals surface area contributed by atoms with Gasteiger partial charge in [0.15, 0.2) is 0 Å². The van der Waals surface area contributed by atoms with E-state index in [1.54, 1.807) is 0 Å². The van der Waals surface area contributed by atoms with Crippen LogP contribution in [0.2, 0.25) is 0 Å². The molecule has 0 aromatic heterocycles. The van der Waals surface area contributed by atoms with Crippen LogP contribution in [-0.2, 0) is 60.8 Å². The van der Waals surface area contributed by atoms with Crippen molar-refractivity contribution in [1.29, 1.82) is 0 Å². The maximum Gasteiger partial charge on any atom is 0 e. The Kier molecular flexibility index (Phi) is 8.37. The van der Waals surface area contributed by atoms with Crippen molar-refractivity contribution in [2.24, 2.45) is 0 Å². The molecule has 3 radical (unpaired) electrons. The van der Waals surface area contributed by atoms with E-state index in [9.17, 15) is 0 Å². The van der Waals surface area contributed by atoms with Crippen molar-refractivity contribution >= 4 is 25.2 Å². The molecule has 0 saturated carbocycles. The van der Waals surface area contributed by atoms with Gasteiger partial charge in [-0.15, -0.1) is 0 Å². The molecular weight excluding hydrogens is 478 g/mol. The Morgan fingerprint density at radius 3 is 2.60 bits per heavy atom. The predicted molar refractivity (Wildman–Crippen MR) is 58.1 cm³/mol. The van der Waals surface area contributed by atoms with Gasteiger partial charge in [0.1, 0.15) is 0 Å². The Morgan fingerprint density at radius 1 is 1.67 bits per heavy atom. The van der Waals surface area contributed by atoms with E-state index < -0.39 is 16.7 Å². The van der Waals surface area contributed by atoms with Crippen LogP contribution in [0.4, 0.5) is 0 Å². The van der Waals surface area contributed by atoms with Crippen LogP contribution in [-0.4, -0.2) is 37.6 Å². The zero-order valence-corrected chi connectivity index (χ0v) is 16.7. The van der Waals surface area contributed by atoms with Crippen molar-refractivity contribution < 1.29 is 60.8 Å². The first-order valence-electron chi connectivity index (χ1n) is 4.66. The molecule has 0 spiro atoms. The van der Waals surface area contributed by atoms with Crippen molar-refractivity contribution in [2.45, 2.75) is 43.4 Å². The van der Waals surface area contributed by atoms with Crippen LogP contribution >= 0.6 is 17.4 Å². The summed E-state index contributed by atoms with van der Waals surface area (Å²) in [5.74, 6) is -0.690. The molecule has 0 bridgehead atoms. The summed E-state index contributed by atoms with van der Waals surface area (Å²) in [6.45, 7) is 6.10. The molecule has 15 heavy (non-hydrogen) atoms. The summed E-state index contributed by atoms with van der Waals surface area (Å²) in [4.78, 5) is -0.581. The summed E-state index contributed by atoms with van der Waals surface area (Å²) in [5, 5.41) is 0. The molecule has 1 fully saturated rings. The molecule has 1 aliphatic heterocycles. The molecule has 2 nitrogen and oxygen atoms in total. The van der Waals surface area contributed by atoms with Crippen LogP contribution in [0.25, 0.3) is 0 Å². The van der Waals surface area contributed by atoms with Gasteiger partial charge < -0.3 is 0 Å². The fourth-order valence-corrected chi connectivity index (χ4v) is 3.78. The standard InChI is InChI=1S/C8H15BClO2P.W.Y/c1-4-5-6(12-13-3)8(2,10)7(9)11-5;;/h5-7,13H,4H2,1-3H3;;/t5-,6-,7-,8-;;/m1../s1. The second-order valence-corrected chi connectivity index (χ2v) is 11.9. The fourth-order valence-electron chi connectivity index (χ4n) is 1.60. The first-order chi connectivity index (χ1) is 6.39. The van der Waals surface area contributed by atoms with Gasteiger partial charge in [0, 0.05) is 32.7 Å². The molecule has 0 N–H and O–H groups in total. The van der Waals surface area contributed by atoms with Gasteiger partial charge in [-0.3, -0.25) is 0 Å². The fraction of sp³-hybridized carbons (Fsp3) is 1.00. The molecule has 1 rings (SSSR count). The molecule has 7 heteroatoms. The van der Waals surface area contributed by atoms with Gasteiger partial charge in [-0.25, -0.2) is 0 Å². The van der Waals surface area contributed by atoms with Crippen LogP contribution in [0.5, 0.6) is 0 Å². The molecule has 83 valence electrons. The van der Waals surface area contributed by atoms with E-state index in [4.69, 9.17) is 28.7 Å². The third-order valence-electron chi connectivity index (χ3n) is 2.47. The predicted octanol–water partition coefficient (Wildman–Crippen LogP) is 1.89. The SMILES string of the molecule is [B][C@@H]1O[C@H](CC)[C@@H](O[PH](C)=[W])[C@@]1(C)Cl.[Y]. The maximum atomic E-state index is 6.35. The van der Waals surface area contributed by atoms with Crippen molar-refractivity contribution in [3.8, 4) is 0 Å². The van der Waals surface area contributed by atoms with Crippen LogP contribution in [0, 0.1) is 0 Å². The van der Waals surface area contributed by atoms with E-state index in [1.807, 2.05) is 6.92 Å². The quantitative estimate of drug-likeness (QED) is 0.340. The average molecular weight is 493 g/mol. The molecule has 0 amide bonds. The minimum atomic E-state index is -0.690. The Morgan fingerprint density at radius 2 is 2.20 bits per heavy atom. The van der Waals surface area contributed by atoms with Gasteiger partial charge in [0.2, 0.25) is 0 Å². The van der Waals surface area contributed by atoms with Crippen LogP contribution in [0.1, 0.15) is 20.3 Å². The van der Waals surface area contributed by atoms with Gasteiger partial charge in [-0.05, 0) is 0 Å². The van der Waals surface area contributed by atoms with Crippen molar-refractivity contribution in [2.75, 3.05) is 6.66 Å². The minimum absolute atomic E-state index is 0. The number of rotatable bonds is 3. The van der Waals surface area contributed by atoms with Gasteiger partial charge in [0.05, 0.1) is 0 Å². The summed E-state index contributed by atoms with van der Waals surface area (Å²) in [6.07, 6.45) is 0.887. The van der Waals surface area contributed by atoms with E-state index in [-0.39, 0.29) is 44.9 Å². The molecule has 1 unspecified atom stereocenters. The molecule has 1 saturated heterocycles. The van der Waals surface area contributed by atoms with Crippen LogP contribution in [0.3, 0.4) is 0 Å². The smallest absolute Gasteiger partial charge is 0 e. The molecule has 0 aliphatic carbocycles. The summed E-state index contributed by atoms with van der Waals surface area (Å²) in [6, 6.07) is -0.421. The average Bonchev–Trinajstić information content (AvgIpc) is 2.28. The Labute approximate surface area is 134 Å². The second kappa shape index (κ2) is 7.18. The zero-order chi connectivity index (χ0) is 10.9. The van der Waals surface area contributed by atoms with Gasteiger partial charge >= 0.3 is 103 Å². The molecule has 0 aromatic carbocycles. The largest absolute Gasteiger partial charge is 0 e. The summed E-state index contributed by atoms with van der Waals surface area (Å²) in [7, 11) is 5.83. The maximum absolute atomic E-state index is 6.35. The number of ether oxygens (including phenoxy) is 1. The molecule has 1 aliphatic rings. The van der Waals surface area contributed by atoms with E-state index in [0.717, 1.165) is 6.42 Å². The zero-order valence-electron chi connectivity index (χ0n) is 9.20. The number of halogens is 1. The summed E-state index contributed by atoms with van der Waals surface area (Å²) in [5.41, 5.74) is 0. The Hall–Kier alpha value is 2.50. The Balaban J connectivity index is 0.00000196. The summed E-state index contributed by atoms with van der Waals surface area (Å²) < 4.78 is 11.5. The third kappa shape index (κ3) is 4.27.